The molecule has 0 aromatic carbocycles. The highest BCUT2D eigenvalue weighted by Gasteiger charge is 2.53. The number of likely N-dealkylation sites (N-methyl/N-ethyl adjacent to an activating group) is 1. The van der Waals surface area contributed by atoms with Gasteiger partial charge in [0.05, 0.1) is 6.04 Å². The van der Waals surface area contributed by atoms with E-state index < -0.39 is 5.66 Å². The number of methoxy groups -OCH3 is 1. The van der Waals surface area contributed by atoms with Gasteiger partial charge in [-0.3, -0.25) is 9.59 Å². The van der Waals surface area contributed by atoms with Crippen LogP contribution in [0.5, 0.6) is 0 Å². The van der Waals surface area contributed by atoms with Crippen LogP contribution in [0.15, 0.2) is 40.9 Å². The minimum Gasteiger partial charge on any atom is -0.483 e. The van der Waals surface area contributed by atoms with Crippen LogP contribution in [-0.4, -0.2) is 71.6 Å². The molecule has 0 radical (unpaired) electrons. The maximum Gasteiger partial charge on any atom is 0.291 e. The number of hydrogen-bond acceptors (Lipinski definition) is 5. The van der Waals surface area contributed by atoms with Crippen LogP contribution in [0, 0.1) is 16.7 Å². The summed E-state index contributed by atoms with van der Waals surface area (Å²) < 4.78 is 4.25. The smallest absolute Gasteiger partial charge is 0.291 e. The van der Waals surface area contributed by atoms with Crippen LogP contribution >= 0.6 is 0 Å². The molecule has 7 heteroatoms. The maximum absolute atomic E-state index is 14.5. The highest BCUT2D eigenvalue weighted by molar-refractivity contribution is 6.39. The fraction of sp³-hybridized carbons (Fsp3) is 0.750. The topological polar surface area (TPSA) is 82.4 Å². The van der Waals surface area contributed by atoms with Crippen molar-refractivity contribution >= 4 is 18.2 Å². The van der Waals surface area contributed by atoms with E-state index in [0.29, 0.717) is 11.8 Å². The summed E-state index contributed by atoms with van der Waals surface area (Å²) in [5.41, 5.74) is 2.22. The largest absolute Gasteiger partial charge is 0.483 e. The summed E-state index contributed by atoms with van der Waals surface area (Å²) in [6.45, 7) is 29.3. The molecule has 1 aliphatic carbocycles. The average Bonchev–Trinajstić information content (AvgIpc) is 3.17. The first-order valence-corrected chi connectivity index (χ1v) is 16.1. The standard InChI is InChI=1S/C33H57N3O.C2H6O.CH2O2/c1-13-25(6)35(15-3)29-30(37)36(33(34-29)22-18-27(19-23-33)32(10,11)12)28(20-21-31(7,8)9)26(14-2)17-16-24(4)5;1-3-2;2-1-3/h14,16-17,25,27-28H,4,13,15,18-23H2,1-3,5-12H3;1-2H3;1H,(H,2,3)/b17-16-,26-14+;;. The molecular formula is C36H65N3O4. The molecule has 2 unspecified atom stereocenters. The van der Waals surface area contributed by atoms with Crippen molar-refractivity contribution in [2.24, 2.45) is 21.7 Å². The van der Waals surface area contributed by atoms with Crippen LogP contribution in [0.25, 0.3) is 0 Å². The molecule has 248 valence electrons. The van der Waals surface area contributed by atoms with Crippen LogP contribution in [0.3, 0.4) is 0 Å². The first-order valence-electron chi connectivity index (χ1n) is 16.1. The lowest BCUT2D eigenvalue weighted by molar-refractivity contribution is -0.133. The second-order valence-corrected chi connectivity index (χ2v) is 14.4. The van der Waals surface area contributed by atoms with Gasteiger partial charge < -0.3 is 19.6 Å². The summed E-state index contributed by atoms with van der Waals surface area (Å²) in [5.74, 6) is 1.47. The number of allylic oxidation sites excluding steroid dienone is 3. The molecule has 2 rings (SSSR count). The van der Waals surface area contributed by atoms with Crippen LogP contribution < -0.4 is 0 Å². The highest BCUT2D eigenvalue weighted by Crippen LogP contribution is 2.48. The van der Waals surface area contributed by atoms with E-state index in [1.54, 1.807) is 14.2 Å². The Morgan fingerprint density at radius 1 is 1.16 bits per heavy atom. The summed E-state index contributed by atoms with van der Waals surface area (Å²) in [5, 5.41) is 6.89. The number of ether oxygens (including phenoxy) is 1. The fourth-order valence-corrected chi connectivity index (χ4v) is 6.06. The molecule has 0 aromatic rings. The van der Waals surface area contributed by atoms with Crippen molar-refractivity contribution in [1.29, 1.82) is 0 Å². The quantitative estimate of drug-likeness (QED) is 0.211. The van der Waals surface area contributed by atoms with Crippen LogP contribution in [-0.2, 0) is 14.3 Å². The zero-order valence-electron chi connectivity index (χ0n) is 29.9. The predicted molar refractivity (Wildman–Crippen MR) is 182 cm³/mol. The number of carbonyl (C=O) groups is 2. The Hall–Kier alpha value is -2.41. The summed E-state index contributed by atoms with van der Waals surface area (Å²) in [4.78, 5) is 32.8. The number of amidine groups is 1. The molecule has 2 aliphatic rings. The molecule has 43 heavy (non-hydrogen) atoms. The van der Waals surface area contributed by atoms with Gasteiger partial charge in [0.2, 0.25) is 0 Å². The number of rotatable bonds is 9. The Labute approximate surface area is 264 Å². The van der Waals surface area contributed by atoms with Gasteiger partial charge in [0, 0.05) is 26.8 Å². The lowest BCUT2D eigenvalue weighted by Gasteiger charge is -2.48. The van der Waals surface area contributed by atoms with Crippen molar-refractivity contribution in [3.8, 4) is 0 Å². The van der Waals surface area contributed by atoms with E-state index in [1.807, 2.05) is 6.92 Å². The number of carboxylic acid groups (broad SMARTS) is 1. The summed E-state index contributed by atoms with van der Waals surface area (Å²) >= 11 is 0. The lowest BCUT2D eigenvalue weighted by Crippen LogP contribution is -2.56. The van der Waals surface area contributed by atoms with Crippen molar-refractivity contribution in [3.63, 3.8) is 0 Å². The molecule has 7 nitrogen and oxygen atoms in total. The third-order valence-electron chi connectivity index (χ3n) is 8.68. The zero-order valence-corrected chi connectivity index (χ0v) is 29.9. The lowest BCUT2D eigenvalue weighted by atomic mass is 9.69. The molecule has 1 heterocycles. The van der Waals surface area contributed by atoms with Crippen molar-refractivity contribution in [2.75, 3.05) is 20.8 Å². The van der Waals surface area contributed by atoms with Gasteiger partial charge in [0.25, 0.3) is 12.4 Å². The average molecular weight is 604 g/mol. The van der Waals surface area contributed by atoms with Gasteiger partial charge >= 0.3 is 0 Å². The van der Waals surface area contributed by atoms with E-state index in [-0.39, 0.29) is 35.3 Å². The fourth-order valence-electron chi connectivity index (χ4n) is 6.06. The Morgan fingerprint density at radius 3 is 2.05 bits per heavy atom. The molecule has 0 saturated heterocycles. The molecule has 0 bridgehead atoms. The summed E-state index contributed by atoms with van der Waals surface area (Å²) in [6.07, 6.45) is 13.5. The van der Waals surface area contributed by atoms with Crippen molar-refractivity contribution in [2.45, 2.75) is 139 Å². The zero-order chi connectivity index (χ0) is 33.6. The maximum atomic E-state index is 14.5. The van der Waals surface area contributed by atoms with Gasteiger partial charge in [-0.1, -0.05) is 78.8 Å². The van der Waals surface area contributed by atoms with E-state index in [2.05, 4.69) is 109 Å². The first kappa shape index (κ1) is 40.6. The van der Waals surface area contributed by atoms with Crippen LogP contribution in [0.1, 0.15) is 121 Å². The number of amides is 1. The second-order valence-electron chi connectivity index (χ2n) is 14.4. The Morgan fingerprint density at radius 2 is 1.67 bits per heavy atom. The molecular weight excluding hydrogens is 538 g/mol. The van der Waals surface area contributed by atoms with E-state index in [1.165, 1.54) is 5.57 Å². The van der Waals surface area contributed by atoms with Crippen LogP contribution in [0.2, 0.25) is 0 Å². The van der Waals surface area contributed by atoms with Crippen molar-refractivity contribution in [3.05, 3.63) is 36.0 Å². The monoisotopic (exact) mass is 603 g/mol. The Balaban J connectivity index is 0.00000270. The normalized spacial score (nSPS) is 22.3. The Bertz CT molecular complexity index is 960. The third-order valence-corrected chi connectivity index (χ3v) is 8.68. The molecule has 1 fully saturated rings. The predicted octanol–water partition coefficient (Wildman–Crippen LogP) is 8.52. The highest BCUT2D eigenvalue weighted by atomic mass is 16.4. The molecule has 2 atom stereocenters. The molecule has 1 aliphatic heterocycles. The minimum atomic E-state index is -0.455. The number of carbonyl (C=O) groups excluding carboxylic acids is 1. The molecule has 1 N–H and O–H groups in total. The van der Waals surface area contributed by atoms with Gasteiger partial charge in [-0.2, -0.15) is 0 Å². The second kappa shape index (κ2) is 18.4. The number of nitrogens with zero attached hydrogens (tertiary/aromatic N) is 3. The van der Waals surface area contributed by atoms with Crippen molar-refractivity contribution in [1.82, 2.24) is 9.80 Å². The molecule has 1 saturated carbocycles. The summed E-state index contributed by atoms with van der Waals surface area (Å²) in [6, 6.07) is 0.281. The van der Waals surface area contributed by atoms with Gasteiger partial charge in [0.1, 0.15) is 5.66 Å². The third kappa shape index (κ3) is 12.2. The molecule has 1 spiro atoms. The van der Waals surface area contributed by atoms with Gasteiger partial charge in [-0.15, -0.1) is 0 Å². The number of hydrogen-bond donors (Lipinski definition) is 1. The Kier molecular flexibility index (Phi) is 17.4. The first-order chi connectivity index (χ1) is 19.9. The molecule has 1 amide bonds. The van der Waals surface area contributed by atoms with Gasteiger partial charge in [-0.05, 0) is 95.0 Å². The SMILES string of the molecule is C=C(C)/C=C\C(=C/C)C(CCC(C)(C)C)N1C(=O)C(N(CC)C(C)CC)=NC12CCC(C(C)(C)C)CC2.COC.O=CO. The summed E-state index contributed by atoms with van der Waals surface area (Å²) in [7, 11) is 3.25. The van der Waals surface area contributed by atoms with Crippen molar-refractivity contribution < 1.29 is 19.4 Å². The van der Waals surface area contributed by atoms with Crippen LogP contribution in [0.4, 0.5) is 0 Å². The van der Waals surface area contributed by atoms with E-state index in [4.69, 9.17) is 14.9 Å². The van der Waals surface area contributed by atoms with E-state index in [0.717, 1.165) is 57.1 Å². The van der Waals surface area contributed by atoms with Gasteiger partial charge in [-0.25, -0.2) is 4.99 Å². The minimum absolute atomic E-state index is 0.00426. The van der Waals surface area contributed by atoms with Gasteiger partial charge in [0.15, 0.2) is 5.84 Å². The van der Waals surface area contributed by atoms with E-state index in [9.17, 15) is 4.79 Å². The molecule has 0 aromatic heterocycles. The van der Waals surface area contributed by atoms with E-state index >= 15 is 0 Å². The number of aliphatic imine (C=N–C) groups is 1.